The SMILES string of the molecule is CCCCCCOc1ccc(C2c3c(oc4cc(C)c(C)cc4c3=O)C(=O)N2c2nnc(CC)s2)cc1OC. The highest BCUT2D eigenvalue weighted by Gasteiger charge is 2.45. The summed E-state index contributed by atoms with van der Waals surface area (Å²) in [5.74, 6) is 0.771. The monoisotopic (exact) mass is 547 g/mol. The molecule has 204 valence electrons. The van der Waals surface area contributed by atoms with Crippen LogP contribution in [0.15, 0.2) is 39.5 Å². The highest BCUT2D eigenvalue weighted by atomic mass is 32.1. The van der Waals surface area contributed by atoms with Gasteiger partial charge in [-0.25, -0.2) is 0 Å². The normalized spacial score (nSPS) is 14.7. The second-order valence-corrected chi connectivity index (χ2v) is 10.9. The van der Waals surface area contributed by atoms with Crippen molar-refractivity contribution in [3.8, 4) is 11.5 Å². The van der Waals surface area contributed by atoms with Gasteiger partial charge in [0.2, 0.25) is 10.9 Å². The summed E-state index contributed by atoms with van der Waals surface area (Å²) in [5, 5.41) is 10.2. The van der Waals surface area contributed by atoms with E-state index < -0.39 is 11.9 Å². The van der Waals surface area contributed by atoms with Crippen molar-refractivity contribution in [2.45, 2.75) is 65.8 Å². The Labute approximate surface area is 231 Å². The number of methoxy groups -OCH3 is 1. The predicted molar refractivity (Wildman–Crippen MR) is 153 cm³/mol. The van der Waals surface area contributed by atoms with Crippen LogP contribution in [0.2, 0.25) is 0 Å². The lowest BCUT2D eigenvalue weighted by atomic mass is 9.97. The first-order valence-corrected chi connectivity index (χ1v) is 14.2. The Bertz CT molecular complexity index is 1590. The van der Waals surface area contributed by atoms with Gasteiger partial charge in [-0.1, -0.05) is 50.5 Å². The Morgan fingerprint density at radius 1 is 1.00 bits per heavy atom. The molecule has 9 heteroatoms. The fourth-order valence-corrected chi connectivity index (χ4v) is 5.72. The molecule has 2 aromatic carbocycles. The van der Waals surface area contributed by atoms with Crippen molar-refractivity contribution in [3.05, 3.63) is 73.6 Å². The molecule has 0 bridgehead atoms. The highest BCUT2D eigenvalue weighted by molar-refractivity contribution is 7.15. The average molecular weight is 548 g/mol. The summed E-state index contributed by atoms with van der Waals surface area (Å²) in [6.45, 7) is 8.65. The van der Waals surface area contributed by atoms with E-state index in [4.69, 9.17) is 13.9 Å². The highest BCUT2D eigenvalue weighted by Crippen LogP contribution is 2.44. The van der Waals surface area contributed by atoms with Gasteiger partial charge in [-0.05, 0) is 67.6 Å². The quantitative estimate of drug-likeness (QED) is 0.208. The zero-order valence-electron chi connectivity index (χ0n) is 23.0. The van der Waals surface area contributed by atoms with Crippen LogP contribution in [-0.2, 0) is 6.42 Å². The van der Waals surface area contributed by atoms with E-state index in [1.54, 1.807) is 7.11 Å². The molecule has 1 amide bonds. The minimum atomic E-state index is -0.750. The Morgan fingerprint density at radius 2 is 1.79 bits per heavy atom. The minimum Gasteiger partial charge on any atom is -0.493 e. The lowest BCUT2D eigenvalue weighted by Gasteiger charge is -2.23. The molecule has 1 atom stereocenters. The molecule has 0 saturated carbocycles. The van der Waals surface area contributed by atoms with Crippen molar-refractivity contribution in [2.24, 2.45) is 0 Å². The third-order valence-corrected chi connectivity index (χ3v) is 8.28. The molecule has 0 fully saturated rings. The number of ether oxygens (including phenoxy) is 2. The molecular weight excluding hydrogens is 514 g/mol. The number of carbonyl (C=O) groups is 1. The van der Waals surface area contributed by atoms with E-state index in [1.165, 1.54) is 22.7 Å². The van der Waals surface area contributed by atoms with E-state index in [9.17, 15) is 9.59 Å². The summed E-state index contributed by atoms with van der Waals surface area (Å²) in [4.78, 5) is 29.3. The first-order chi connectivity index (χ1) is 18.9. The molecular formula is C30H33N3O5S. The van der Waals surface area contributed by atoms with Gasteiger partial charge in [0.05, 0.1) is 30.7 Å². The number of carbonyl (C=O) groups excluding carboxylic acids is 1. The van der Waals surface area contributed by atoms with Gasteiger partial charge in [-0.15, -0.1) is 10.2 Å². The van der Waals surface area contributed by atoms with Gasteiger partial charge < -0.3 is 13.9 Å². The van der Waals surface area contributed by atoms with Crippen LogP contribution in [-0.4, -0.2) is 29.8 Å². The van der Waals surface area contributed by atoms with E-state index in [2.05, 4.69) is 17.1 Å². The van der Waals surface area contributed by atoms with Crippen LogP contribution < -0.4 is 19.8 Å². The molecule has 0 spiro atoms. The van der Waals surface area contributed by atoms with Gasteiger partial charge in [-0.3, -0.25) is 14.5 Å². The van der Waals surface area contributed by atoms with Gasteiger partial charge in [0.25, 0.3) is 5.91 Å². The van der Waals surface area contributed by atoms with Crippen molar-refractivity contribution in [3.63, 3.8) is 0 Å². The fourth-order valence-electron chi connectivity index (χ4n) is 4.91. The van der Waals surface area contributed by atoms with Gasteiger partial charge in [-0.2, -0.15) is 0 Å². The number of amides is 1. The lowest BCUT2D eigenvalue weighted by molar-refractivity contribution is 0.0970. The van der Waals surface area contributed by atoms with Crippen molar-refractivity contribution >= 4 is 33.3 Å². The van der Waals surface area contributed by atoms with E-state index in [0.717, 1.165) is 35.4 Å². The molecule has 1 aliphatic heterocycles. The van der Waals surface area contributed by atoms with Crippen LogP contribution in [0.5, 0.6) is 11.5 Å². The summed E-state index contributed by atoms with van der Waals surface area (Å²) in [7, 11) is 1.58. The zero-order valence-corrected chi connectivity index (χ0v) is 23.8. The first kappa shape index (κ1) is 26.9. The van der Waals surface area contributed by atoms with Crippen molar-refractivity contribution in [1.29, 1.82) is 0 Å². The number of aromatic nitrogens is 2. The molecule has 39 heavy (non-hydrogen) atoms. The van der Waals surface area contributed by atoms with E-state index >= 15 is 0 Å². The topological polar surface area (TPSA) is 94.8 Å². The molecule has 4 aromatic rings. The Hall–Kier alpha value is -3.72. The van der Waals surface area contributed by atoms with Gasteiger partial charge in [0.1, 0.15) is 10.6 Å². The smallest absolute Gasteiger partial charge is 0.297 e. The lowest BCUT2D eigenvalue weighted by Crippen LogP contribution is -2.29. The van der Waals surface area contributed by atoms with E-state index in [1.807, 2.05) is 51.1 Å². The standard InChI is InChI=1S/C30H33N3O5S/c1-6-8-9-10-13-37-21-12-11-19(16-23(21)36-5)26-25-27(34)20-14-17(3)18(4)15-22(20)38-28(25)29(35)33(26)30-32-31-24(7-2)39-30/h11-12,14-16,26H,6-10,13H2,1-5H3. The molecule has 0 radical (unpaired) electrons. The van der Waals surface area contributed by atoms with Crippen LogP contribution in [0.25, 0.3) is 11.0 Å². The number of hydrogen-bond acceptors (Lipinski definition) is 8. The number of aryl methyl sites for hydroxylation is 3. The predicted octanol–water partition coefficient (Wildman–Crippen LogP) is 6.54. The third kappa shape index (κ3) is 4.91. The summed E-state index contributed by atoms with van der Waals surface area (Å²) in [6, 6.07) is 8.43. The Balaban J connectivity index is 1.63. The number of unbranched alkanes of at least 4 members (excludes halogenated alkanes) is 3. The Morgan fingerprint density at radius 3 is 2.51 bits per heavy atom. The zero-order chi connectivity index (χ0) is 27.7. The van der Waals surface area contributed by atoms with Crippen molar-refractivity contribution in [1.82, 2.24) is 10.2 Å². The summed E-state index contributed by atoms with van der Waals surface area (Å²) in [6.07, 6.45) is 5.09. The number of rotatable bonds is 10. The van der Waals surface area contributed by atoms with Crippen LogP contribution >= 0.6 is 11.3 Å². The van der Waals surface area contributed by atoms with Crippen molar-refractivity contribution < 1.29 is 18.7 Å². The number of anilines is 1. The molecule has 3 heterocycles. The van der Waals surface area contributed by atoms with Crippen LogP contribution in [0, 0.1) is 13.8 Å². The Kier molecular flexibility index (Phi) is 7.70. The maximum Gasteiger partial charge on any atom is 0.297 e. The van der Waals surface area contributed by atoms with Crippen LogP contribution in [0.4, 0.5) is 5.13 Å². The molecule has 0 saturated heterocycles. The largest absolute Gasteiger partial charge is 0.493 e. The fraction of sp³-hybridized carbons (Fsp3) is 0.400. The molecule has 2 aromatic heterocycles. The first-order valence-electron chi connectivity index (χ1n) is 13.4. The van der Waals surface area contributed by atoms with Crippen molar-refractivity contribution in [2.75, 3.05) is 18.6 Å². The molecule has 1 aliphatic rings. The van der Waals surface area contributed by atoms with Crippen LogP contribution in [0.3, 0.4) is 0 Å². The minimum absolute atomic E-state index is 0.0317. The number of nitrogens with zero attached hydrogens (tertiary/aromatic N) is 3. The summed E-state index contributed by atoms with van der Waals surface area (Å²) < 4.78 is 17.8. The molecule has 1 unspecified atom stereocenters. The number of benzene rings is 2. The number of hydrogen-bond donors (Lipinski definition) is 0. The summed E-state index contributed by atoms with van der Waals surface area (Å²) in [5.41, 5.74) is 3.11. The maximum absolute atomic E-state index is 14.0. The maximum atomic E-state index is 14.0. The van der Waals surface area contributed by atoms with E-state index in [0.29, 0.717) is 51.8 Å². The molecule has 0 aliphatic carbocycles. The van der Waals surface area contributed by atoms with E-state index in [-0.39, 0.29) is 11.2 Å². The van der Waals surface area contributed by atoms with Gasteiger partial charge in [0.15, 0.2) is 16.9 Å². The second-order valence-electron chi connectivity index (χ2n) is 9.84. The average Bonchev–Trinajstić information content (AvgIpc) is 3.52. The molecule has 5 rings (SSSR count). The third-order valence-electron chi connectivity index (χ3n) is 7.21. The summed E-state index contributed by atoms with van der Waals surface area (Å²) >= 11 is 1.33. The van der Waals surface area contributed by atoms with Gasteiger partial charge >= 0.3 is 0 Å². The number of fused-ring (bicyclic) bond motifs is 2. The van der Waals surface area contributed by atoms with Gasteiger partial charge in [0, 0.05) is 0 Å². The second kappa shape index (κ2) is 11.2. The van der Waals surface area contributed by atoms with Crippen LogP contribution in [0.1, 0.15) is 83.4 Å². The molecule has 8 nitrogen and oxygen atoms in total. The molecule has 0 N–H and O–H groups in total.